The summed E-state index contributed by atoms with van der Waals surface area (Å²) in [5.41, 5.74) is 2.38. The lowest BCUT2D eigenvalue weighted by molar-refractivity contribution is 0.0696. The Balaban J connectivity index is 2.31. The van der Waals surface area contributed by atoms with Crippen LogP contribution in [0.15, 0.2) is 39.3 Å². The fourth-order valence-corrected chi connectivity index (χ4v) is 2.59. The van der Waals surface area contributed by atoms with Crippen LogP contribution in [0.1, 0.15) is 21.5 Å². The maximum absolute atomic E-state index is 10.9. The van der Waals surface area contributed by atoms with Gasteiger partial charge in [0.25, 0.3) is 0 Å². The van der Waals surface area contributed by atoms with Crippen LogP contribution in [0, 0.1) is 13.8 Å². The van der Waals surface area contributed by atoms with E-state index < -0.39 is 5.97 Å². The number of aromatic carboxylic acids is 1. The average molecular weight is 400 g/mol. The van der Waals surface area contributed by atoms with Crippen LogP contribution in [-0.2, 0) is 0 Å². The topological polar surface area (TPSA) is 46.5 Å². The number of carboxylic acids is 1. The van der Waals surface area contributed by atoms with Gasteiger partial charge < -0.3 is 9.84 Å². The molecule has 2 aromatic rings. The molecule has 0 amide bonds. The van der Waals surface area contributed by atoms with Gasteiger partial charge in [-0.2, -0.15) is 0 Å². The summed E-state index contributed by atoms with van der Waals surface area (Å²) in [4.78, 5) is 10.9. The first-order valence-corrected chi connectivity index (χ1v) is 7.44. The second-order valence-corrected chi connectivity index (χ2v) is 6.07. The first kappa shape index (κ1) is 15.1. The molecule has 0 fully saturated rings. The third-order valence-electron chi connectivity index (χ3n) is 2.82. The van der Waals surface area contributed by atoms with Gasteiger partial charge in [-0.15, -0.1) is 0 Å². The van der Waals surface area contributed by atoms with Crippen molar-refractivity contribution in [1.29, 1.82) is 0 Å². The molecule has 0 saturated carbocycles. The SMILES string of the molecule is Cc1cc(Oc2ccc(C(=O)O)c(Br)c2)cc(C)c1Br. The van der Waals surface area contributed by atoms with Gasteiger partial charge in [0.05, 0.1) is 5.56 Å². The Morgan fingerprint density at radius 1 is 1.05 bits per heavy atom. The van der Waals surface area contributed by atoms with E-state index >= 15 is 0 Å². The van der Waals surface area contributed by atoms with Crippen LogP contribution in [0.4, 0.5) is 0 Å². The van der Waals surface area contributed by atoms with Crippen LogP contribution in [0.5, 0.6) is 11.5 Å². The van der Waals surface area contributed by atoms with E-state index in [2.05, 4.69) is 31.9 Å². The van der Waals surface area contributed by atoms with Gasteiger partial charge in [-0.1, -0.05) is 15.9 Å². The molecule has 0 bridgehead atoms. The molecule has 0 heterocycles. The highest BCUT2D eigenvalue weighted by Crippen LogP contribution is 2.31. The normalized spacial score (nSPS) is 10.4. The Bertz CT molecular complexity index is 658. The molecule has 0 unspecified atom stereocenters. The molecule has 3 nitrogen and oxygen atoms in total. The largest absolute Gasteiger partial charge is 0.478 e. The lowest BCUT2D eigenvalue weighted by Crippen LogP contribution is -1.97. The van der Waals surface area contributed by atoms with Gasteiger partial charge in [-0.25, -0.2) is 4.79 Å². The summed E-state index contributed by atoms with van der Waals surface area (Å²) >= 11 is 6.74. The highest BCUT2D eigenvalue weighted by atomic mass is 79.9. The molecule has 0 radical (unpaired) electrons. The Morgan fingerprint density at radius 3 is 2.15 bits per heavy atom. The Labute approximate surface area is 133 Å². The fourth-order valence-electron chi connectivity index (χ4n) is 1.83. The summed E-state index contributed by atoms with van der Waals surface area (Å²) in [7, 11) is 0. The van der Waals surface area contributed by atoms with Crippen molar-refractivity contribution in [3.63, 3.8) is 0 Å². The van der Waals surface area contributed by atoms with E-state index in [-0.39, 0.29) is 5.56 Å². The second kappa shape index (κ2) is 5.97. The minimum Gasteiger partial charge on any atom is -0.478 e. The predicted octanol–water partition coefficient (Wildman–Crippen LogP) is 5.32. The van der Waals surface area contributed by atoms with Crippen LogP contribution in [0.3, 0.4) is 0 Å². The van der Waals surface area contributed by atoms with Crippen LogP contribution >= 0.6 is 31.9 Å². The van der Waals surface area contributed by atoms with Gasteiger partial charge in [-0.05, 0) is 71.2 Å². The number of hydrogen-bond donors (Lipinski definition) is 1. The zero-order chi connectivity index (χ0) is 14.9. The third kappa shape index (κ3) is 3.22. The number of rotatable bonds is 3. The van der Waals surface area contributed by atoms with Crippen molar-refractivity contribution in [1.82, 2.24) is 0 Å². The van der Waals surface area contributed by atoms with Gasteiger partial charge in [0.2, 0.25) is 0 Å². The predicted molar refractivity (Wildman–Crippen MR) is 84.8 cm³/mol. The first-order valence-electron chi connectivity index (χ1n) is 5.86. The van der Waals surface area contributed by atoms with Crippen molar-refractivity contribution < 1.29 is 14.6 Å². The van der Waals surface area contributed by atoms with Crippen LogP contribution in [-0.4, -0.2) is 11.1 Å². The maximum Gasteiger partial charge on any atom is 0.336 e. The lowest BCUT2D eigenvalue weighted by Gasteiger charge is -2.10. The third-order valence-corrected chi connectivity index (χ3v) is 4.72. The molecule has 5 heteroatoms. The number of hydrogen-bond acceptors (Lipinski definition) is 2. The van der Waals surface area contributed by atoms with E-state index in [1.807, 2.05) is 26.0 Å². The van der Waals surface area contributed by atoms with Crippen LogP contribution in [0.25, 0.3) is 0 Å². The van der Waals surface area contributed by atoms with Gasteiger partial charge >= 0.3 is 5.97 Å². The van der Waals surface area contributed by atoms with E-state index in [0.29, 0.717) is 10.2 Å². The molecule has 20 heavy (non-hydrogen) atoms. The highest BCUT2D eigenvalue weighted by Gasteiger charge is 2.10. The zero-order valence-corrected chi connectivity index (χ0v) is 14.1. The van der Waals surface area contributed by atoms with E-state index in [1.165, 1.54) is 6.07 Å². The number of benzene rings is 2. The summed E-state index contributed by atoms with van der Waals surface area (Å²) in [6, 6.07) is 8.66. The summed E-state index contributed by atoms with van der Waals surface area (Å²) in [6.07, 6.45) is 0. The molecule has 0 spiro atoms. The van der Waals surface area contributed by atoms with Gasteiger partial charge in [0.15, 0.2) is 0 Å². The molecule has 2 aromatic carbocycles. The molecule has 0 atom stereocenters. The molecular formula is C15H12Br2O3. The molecule has 0 saturated heterocycles. The number of halogens is 2. The van der Waals surface area contributed by atoms with Gasteiger partial charge in [0.1, 0.15) is 11.5 Å². The molecule has 0 aliphatic carbocycles. The summed E-state index contributed by atoms with van der Waals surface area (Å²) in [6.45, 7) is 3.99. The van der Waals surface area contributed by atoms with Crippen molar-refractivity contribution in [2.24, 2.45) is 0 Å². The van der Waals surface area contributed by atoms with Gasteiger partial charge in [-0.3, -0.25) is 0 Å². The number of carboxylic acid groups (broad SMARTS) is 1. The average Bonchev–Trinajstić information content (AvgIpc) is 2.35. The summed E-state index contributed by atoms with van der Waals surface area (Å²) < 4.78 is 7.32. The quantitative estimate of drug-likeness (QED) is 0.759. The van der Waals surface area contributed by atoms with E-state index in [1.54, 1.807) is 12.1 Å². The molecule has 0 aliphatic rings. The summed E-state index contributed by atoms with van der Waals surface area (Å²) in [5.74, 6) is 0.333. The van der Waals surface area contributed by atoms with Crippen molar-refractivity contribution in [2.45, 2.75) is 13.8 Å². The minimum absolute atomic E-state index is 0.209. The van der Waals surface area contributed by atoms with E-state index in [9.17, 15) is 4.79 Å². The summed E-state index contributed by atoms with van der Waals surface area (Å²) in [5, 5.41) is 8.97. The molecule has 2 rings (SSSR count). The smallest absolute Gasteiger partial charge is 0.336 e. The fraction of sp³-hybridized carbons (Fsp3) is 0.133. The minimum atomic E-state index is -0.973. The highest BCUT2D eigenvalue weighted by molar-refractivity contribution is 9.10. The molecule has 0 aliphatic heterocycles. The molecule has 0 aromatic heterocycles. The van der Waals surface area contributed by atoms with E-state index in [0.717, 1.165) is 21.3 Å². The number of ether oxygens (including phenoxy) is 1. The second-order valence-electron chi connectivity index (χ2n) is 4.42. The Kier molecular flexibility index (Phi) is 4.50. The molecular weight excluding hydrogens is 388 g/mol. The van der Waals surface area contributed by atoms with Crippen molar-refractivity contribution >= 4 is 37.8 Å². The monoisotopic (exact) mass is 398 g/mol. The Morgan fingerprint density at radius 2 is 1.65 bits per heavy atom. The number of carbonyl (C=O) groups is 1. The Hall–Kier alpha value is -1.33. The van der Waals surface area contributed by atoms with Crippen LogP contribution < -0.4 is 4.74 Å². The van der Waals surface area contributed by atoms with Crippen LogP contribution in [0.2, 0.25) is 0 Å². The van der Waals surface area contributed by atoms with Gasteiger partial charge in [0, 0.05) is 8.95 Å². The maximum atomic E-state index is 10.9. The lowest BCUT2D eigenvalue weighted by atomic mass is 10.1. The molecule has 1 N–H and O–H groups in total. The number of aryl methyl sites for hydroxylation is 2. The van der Waals surface area contributed by atoms with Crippen molar-refractivity contribution in [3.8, 4) is 11.5 Å². The zero-order valence-electron chi connectivity index (χ0n) is 10.9. The molecule has 104 valence electrons. The standard InChI is InChI=1S/C15H12Br2O3/c1-8-5-11(6-9(2)14(8)17)20-10-3-4-12(15(18)19)13(16)7-10/h3-7H,1-2H3,(H,18,19). The van der Waals surface area contributed by atoms with Crippen molar-refractivity contribution in [2.75, 3.05) is 0 Å². The van der Waals surface area contributed by atoms with E-state index in [4.69, 9.17) is 9.84 Å². The van der Waals surface area contributed by atoms with Crippen molar-refractivity contribution in [3.05, 3.63) is 56.0 Å². The first-order chi connectivity index (χ1) is 9.38.